The Hall–Kier alpha value is -3.34. The van der Waals surface area contributed by atoms with Crippen molar-refractivity contribution in [2.45, 2.75) is 76.9 Å². The zero-order valence-electron chi connectivity index (χ0n) is 22.3. The summed E-state index contributed by atoms with van der Waals surface area (Å²) in [5.41, 5.74) is -0.162. The smallest absolute Gasteiger partial charge is 0.243 e. The number of hydrogen-bond donors (Lipinski definition) is 3. The second-order valence-corrected chi connectivity index (χ2v) is 10.6. The Morgan fingerprint density at radius 1 is 1.11 bits per heavy atom. The van der Waals surface area contributed by atoms with E-state index in [2.05, 4.69) is 16.0 Å². The molecule has 2 fully saturated rings. The third kappa shape index (κ3) is 7.83. The van der Waals surface area contributed by atoms with Gasteiger partial charge >= 0.3 is 0 Å². The molecule has 1 aromatic rings. The summed E-state index contributed by atoms with van der Waals surface area (Å²) in [5, 5.41) is 7.85. The average molecular weight is 533 g/mol. The number of ketones is 1. The molecule has 0 aliphatic carbocycles. The molecule has 5 atom stereocenters. The minimum absolute atomic E-state index is 0.108. The molecule has 3 rings (SSSR count). The van der Waals surface area contributed by atoms with E-state index < -0.39 is 53.5 Å². The lowest BCUT2D eigenvalue weighted by Gasteiger charge is -2.28. The Kier molecular flexibility index (Phi) is 9.59. The molecule has 0 unspecified atom stereocenters. The molecule has 0 aromatic heterocycles. The molecule has 0 spiro atoms. The van der Waals surface area contributed by atoms with Crippen molar-refractivity contribution in [3.8, 4) is 0 Å². The fraction of sp³-hybridized carbons (Fsp3) is 0.593. The van der Waals surface area contributed by atoms with Crippen molar-refractivity contribution in [3.63, 3.8) is 0 Å². The quantitative estimate of drug-likeness (QED) is 0.339. The minimum atomic E-state index is -1.42. The van der Waals surface area contributed by atoms with Crippen LogP contribution in [0.2, 0.25) is 0 Å². The predicted octanol–water partition coefficient (Wildman–Crippen LogP) is 0.678. The van der Waals surface area contributed by atoms with E-state index in [9.17, 15) is 28.4 Å². The predicted molar refractivity (Wildman–Crippen MR) is 137 cm³/mol. The molecule has 10 nitrogen and oxygen atoms in total. The first-order valence-corrected chi connectivity index (χ1v) is 12.9. The topological polar surface area (TPSA) is 137 Å². The van der Waals surface area contributed by atoms with Crippen LogP contribution in [0.5, 0.6) is 0 Å². The lowest BCUT2D eigenvalue weighted by Crippen LogP contribution is -2.57. The van der Waals surface area contributed by atoms with E-state index in [1.807, 2.05) is 19.9 Å². The van der Waals surface area contributed by atoms with Crippen LogP contribution in [0.25, 0.3) is 0 Å². The number of ether oxygens (including phenoxy) is 1. The van der Waals surface area contributed by atoms with Crippen LogP contribution in [0.15, 0.2) is 30.3 Å². The number of likely N-dealkylation sites (tertiary alicyclic amines) is 1. The maximum absolute atomic E-state index is 14.3. The molecule has 2 heterocycles. The summed E-state index contributed by atoms with van der Waals surface area (Å²) in [6, 6.07) is 6.02. The van der Waals surface area contributed by atoms with Crippen LogP contribution in [0.3, 0.4) is 0 Å². The second kappa shape index (κ2) is 12.5. The van der Waals surface area contributed by atoms with Crippen LogP contribution in [0.4, 0.5) is 4.39 Å². The highest BCUT2D eigenvalue weighted by Gasteiger charge is 2.50. The van der Waals surface area contributed by atoms with Gasteiger partial charge in [-0.05, 0) is 24.8 Å². The van der Waals surface area contributed by atoms with Crippen LogP contribution in [-0.4, -0.2) is 83.9 Å². The summed E-state index contributed by atoms with van der Waals surface area (Å²) in [4.78, 5) is 64.7. The zero-order chi connectivity index (χ0) is 28.0. The summed E-state index contributed by atoms with van der Waals surface area (Å²) >= 11 is 0. The first-order chi connectivity index (χ1) is 17.9. The highest BCUT2D eigenvalue weighted by atomic mass is 19.1. The molecular formula is C27H37FN4O6. The number of hydrogen-bond acceptors (Lipinski definition) is 6. The van der Waals surface area contributed by atoms with Gasteiger partial charge in [-0.2, -0.15) is 0 Å². The summed E-state index contributed by atoms with van der Waals surface area (Å²) in [6.45, 7) is 6.44. The lowest BCUT2D eigenvalue weighted by molar-refractivity contribution is -0.140. The molecule has 0 radical (unpaired) electrons. The van der Waals surface area contributed by atoms with E-state index in [0.29, 0.717) is 6.42 Å². The molecule has 3 N–H and O–H groups in total. The number of carbonyl (C=O) groups is 5. The van der Waals surface area contributed by atoms with Crippen LogP contribution in [-0.2, 0) is 35.1 Å². The lowest BCUT2D eigenvalue weighted by atomic mass is 9.93. The summed E-state index contributed by atoms with van der Waals surface area (Å²) in [7, 11) is 0. The molecule has 4 amide bonds. The third-order valence-electron chi connectivity index (χ3n) is 6.72. The number of halogens is 1. The standard InChI is InChI=1S/C27H37FN4O6/c1-16(2)10-20(24(35)27(4)15-38-27)30-25(36)21(11-18-8-6-5-7-9-18)31-26(37)22-12-19(28)14-32(22)23(34)13-29-17(3)33/h5-9,16,19-22H,10-15H2,1-4H3,(H,29,33)(H,30,36)(H,31,37)/t19-,20+,21+,22+,27-/m1/s1. The highest BCUT2D eigenvalue weighted by molar-refractivity contribution is 5.98. The molecule has 38 heavy (non-hydrogen) atoms. The minimum Gasteiger partial charge on any atom is -0.361 e. The molecule has 1 aromatic carbocycles. The first kappa shape index (κ1) is 29.2. The number of epoxide rings is 1. The van der Waals surface area contributed by atoms with Gasteiger partial charge in [-0.3, -0.25) is 24.0 Å². The van der Waals surface area contributed by atoms with Crippen molar-refractivity contribution in [2.75, 3.05) is 19.7 Å². The van der Waals surface area contributed by atoms with Gasteiger partial charge in [0.25, 0.3) is 0 Å². The van der Waals surface area contributed by atoms with Crippen molar-refractivity contribution in [3.05, 3.63) is 35.9 Å². The SMILES string of the molecule is CC(=O)NCC(=O)N1C[C@H](F)C[C@H]1C(=O)N[C@@H](Cc1ccccc1)C(=O)N[C@@H](CC(C)C)C(=O)[C@@]1(C)CO1. The number of Topliss-reactive ketones (excluding diaryl/α,β-unsaturated/α-hetero) is 1. The first-order valence-electron chi connectivity index (χ1n) is 12.9. The van der Waals surface area contributed by atoms with E-state index in [1.165, 1.54) is 6.92 Å². The molecule has 2 saturated heterocycles. The third-order valence-corrected chi connectivity index (χ3v) is 6.72. The number of benzene rings is 1. The number of alkyl halides is 1. The van der Waals surface area contributed by atoms with Crippen molar-refractivity contribution in [1.29, 1.82) is 0 Å². The fourth-order valence-corrected chi connectivity index (χ4v) is 4.53. The number of nitrogens with one attached hydrogen (secondary N) is 3. The maximum Gasteiger partial charge on any atom is 0.243 e. The van der Waals surface area contributed by atoms with Gasteiger partial charge in [0.05, 0.1) is 25.7 Å². The van der Waals surface area contributed by atoms with Gasteiger partial charge in [-0.1, -0.05) is 44.2 Å². The molecule has 0 saturated carbocycles. The maximum atomic E-state index is 14.3. The van der Waals surface area contributed by atoms with Crippen molar-refractivity contribution in [2.24, 2.45) is 5.92 Å². The van der Waals surface area contributed by atoms with Gasteiger partial charge in [-0.25, -0.2) is 4.39 Å². The van der Waals surface area contributed by atoms with Crippen LogP contribution in [0.1, 0.15) is 46.1 Å². The molecule has 208 valence electrons. The van der Waals surface area contributed by atoms with Crippen molar-refractivity contribution >= 4 is 29.4 Å². The Morgan fingerprint density at radius 2 is 1.76 bits per heavy atom. The molecule has 2 aliphatic rings. The van der Waals surface area contributed by atoms with E-state index in [0.717, 1.165) is 10.5 Å². The summed E-state index contributed by atoms with van der Waals surface area (Å²) < 4.78 is 19.6. The zero-order valence-corrected chi connectivity index (χ0v) is 22.3. The molecule has 2 aliphatic heterocycles. The Labute approximate surface area is 222 Å². The summed E-state index contributed by atoms with van der Waals surface area (Å²) in [6.07, 6.45) is -1.12. The average Bonchev–Trinajstić information content (AvgIpc) is 3.49. The van der Waals surface area contributed by atoms with Gasteiger partial charge in [-0.15, -0.1) is 0 Å². The largest absolute Gasteiger partial charge is 0.361 e. The van der Waals surface area contributed by atoms with E-state index >= 15 is 0 Å². The highest BCUT2D eigenvalue weighted by Crippen LogP contribution is 2.29. The monoisotopic (exact) mass is 532 g/mol. The van der Waals surface area contributed by atoms with Crippen LogP contribution < -0.4 is 16.0 Å². The Bertz CT molecular complexity index is 1050. The Balaban J connectivity index is 1.78. The number of nitrogens with zero attached hydrogens (tertiary/aromatic N) is 1. The van der Waals surface area contributed by atoms with E-state index in [-0.39, 0.29) is 44.2 Å². The molecular weight excluding hydrogens is 495 g/mol. The van der Waals surface area contributed by atoms with Gasteiger partial charge in [0.1, 0.15) is 23.9 Å². The van der Waals surface area contributed by atoms with E-state index in [1.54, 1.807) is 31.2 Å². The second-order valence-electron chi connectivity index (χ2n) is 10.6. The van der Waals surface area contributed by atoms with Gasteiger partial charge in [0.15, 0.2) is 5.78 Å². The number of amides is 4. The van der Waals surface area contributed by atoms with Crippen molar-refractivity contribution < 1.29 is 33.1 Å². The van der Waals surface area contributed by atoms with Gasteiger partial charge < -0.3 is 25.6 Å². The van der Waals surface area contributed by atoms with E-state index in [4.69, 9.17) is 4.74 Å². The number of rotatable bonds is 12. The number of carbonyl (C=O) groups excluding carboxylic acids is 5. The van der Waals surface area contributed by atoms with Crippen molar-refractivity contribution in [1.82, 2.24) is 20.9 Å². The fourth-order valence-electron chi connectivity index (χ4n) is 4.53. The normalized spacial score (nSPS) is 23.9. The summed E-state index contributed by atoms with van der Waals surface area (Å²) in [5.74, 6) is -2.37. The van der Waals surface area contributed by atoms with Crippen LogP contribution in [0, 0.1) is 5.92 Å². The Morgan fingerprint density at radius 3 is 2.34 bits per heavy atom. The van der Waals surface area contributed by atoms with Gasteiger partial charge in [0, 0.05) is 19.8 Å². The molecule has 11 heteroatoms. The van der Waals surface area contributed by atoms with Gasteiger partial charge in [0.2, 0.25) is 23.6 Å². The van der Waals surface area contributed by atoms with Crippen LogP contribution >= 0.6 is 0 Å². The molecule has 0 bridgehead atoms.